The maximum atomic E-state index is 14.8. The topological polar surface area (TPSA) is 128 Å². The normalized spacial score (nSPS) is 21.1. The maximum Gasteiger partial charge on any atom is 0.411 e. The van der Waals surface area contributed by atoms with Crippen LogP contribution in [0.5, 0.6) is 0 Å². The summed E-state index contributed by atoms with van der Waals surface area (Å²) >= 11 is 12.2. The molecule has 0 saturated carbocycles. The number of rotatable bonds is 3. The number of carbonyl (C=O) groups excluding carboxylic acids is 3. The summed E-state index contributed by atoms with van der Waals surface area (Å²) in [5, 5.41) is 8.60. The van der Waals surface area contributed by atoms with Crippen LogP contribution in [0.1, 0.15) is 56.1 Å². The summed E-state index contributed by atoms with van der Waals surface area (Å²) in [6.07, 6.45) is 3.20. The Morgan fingerprint density at radius 2 is 1.93 bits per heavy atom. The van der Waals surface area contributed by atoms with Crippen molar-refractivity contribution >= 4 is 52.6 Å². The first-order chi connectivity index (χ1) is 19.7. The van der Waals surface area contributed by atoms with Gasteiger partial charge in [0, 0.05) is 34.3 Å². The predicted octanol–water partition coefficient (Wildman–Crippen LogP) is 6.66. The van der Waals surface area contributed by atoms with Crippen molar-refractivity contribution < 1.29 is 23.5 Å². The third-order valence-corrected chi connectivity index (χ3v) is 8.12. The van der Waals surface area contributed by atoms with Crippen molar-refractivity contribution in [2.45, 2.75) is 44.7 Å². The fourth-order valence-electron chi connectivity index (χ4n) is 5.27. The fourth-order valence-corrected chi connectivity index (χ4v) is 5.71. The van der Waals surface area contributed by atoms with Crippen LogP contribution in [0, 0.1) is 11.7 Å². The maximum absolute atomic E-state index is 14.8. The van der Waals surface area contributed by atoms with E-state index < -0.39 is 24.0 Å². The summed E-state index contributed by atoms with van der Waals surface area (Å²) in [5.74, 6) is -0.537. The minimum Gasteiger partial charge on any atom is -0.453 e. The number of hydrogen-bond acceptors (Lipinski definition) is 5. The fraction of sp³-hybridized carbons (Fsp3) is 0.357. The number of imidazole rings is 1. The lowest BCUT2D eigenvalue weighted by Crippen LogP contribution is -2.49. The highest BCUT2D eigenvalue weighted by Crippen LogP contribution is 2.38. The minimum atomic E-state index is -0.643. The van der Waals surface area contributed by atoms with E-state index in [0.717, 1.165) is 0 Å². The molecule has 2 aliphatic heterocycles. The van der Waals surface area contributed by atoms with Crippen LogP contribution in [0.4, 0.5) is 25.4 Å². The first kappa shape index (κ1) is 28.7. The van der Waals surface area contributed by atoms with Crippen LogP contribution in [0.3, 0.4) is 0 Å². The molecule has 0 spiro atoms. The number of aromatic amines is 1. The lowest BCUT2D eigenvalue weighted by molar-refractivity contribution is -0.119. The summed E-state index contributed by atoms with van der Waals surface area (Å²) in [6, 6.07) is 6.57. The Hall–Kier alpha value is -3.83. The third-order valence-electron chi connectivity index (χ3n) is 7.49. The number of nitrogens with zero attached hydrogens (tertiary/aromatic N) is 2. The lowest BCUT2D eigenvalue weighted by atomic mass is 9.97. The van der Waals surface area contributed by atoms with Crippen molar-refractivity contribution in [1.29, 1.82) is 0 Å². The molecule has 3 atom stereocenters. The van der Waals surface area contributed by atoms with Gasteiger partial charge < -0.3 is 25.3 Å². The second-order valence-electron chi connectivity index (χ2n) is 10.1. The second kappa shape index (κ2) is 12.0. The first-order valence-electron chi connectivity index (χ1n) is 13.2. The number of halogens is 3. The van der Waals surface area contributed by atoms with Gasteiger partial charge in [-0.3, -0.25) is 10.1 Å². The van der Waals surface area contributed by atoms with Crippen LogP contribution in [-0.2, 0) is 9.53 Å². The van der Waals surface area contributed by atoms with Crippen molar-refractivity contribution in [1.82, 2.24) is 20.2 Å². The largest absolute Gasteiger partial charge is 0.453 e. The summed E-state index contributed by atoms with van der Waals surface area (Å²) in [5.41, 5.74) is 2.39. The molecule has 1 fully saturated rings. The molecule has 5 rings (SSSR count). The molecule has 3 heterocycles. The number of nitrogens with one attached hydrogen (secondary N) is 4. The van der Waals surface area contributed by atoms with E-state index in [1.165, 1.54) is 19.2 Å². The Kier molecular flexibility index (Phi) is 8.37. The molecule has 41 heavy (non-hydrogen) atoms. The quantitative estimate of drug-likeness (QED) is 0.249. The number of amides is 4. The number of H-pyrrole nitrogens is 1. The van der Waals surface area contributed by atoms with Gasteiger partial charge in [-0.15, -0.1) is 0 Å². The van der Waals surface area contributed by atoms with Gasteiger partial charge >= 0.3 is 12.1 Å². The number of anilines is 2. The van der Waals surface area contributed by atoms with Gasteiger partial charge in [-0.2, -0.15) is 0 Å². The zero-order valence-corrected chi connectivity index (χ0v) is 23.9. The molecule has 13 heteroatoms. The van der Waals surface area contributed by atoms with Crippen molar-refractivity contribution in [2.24, 2.45) is 5.92 Å². The van der Waals surface area contributed by atoms with Crippen LogP contribution in [0.2, 0.25) is 10.0 Å². The summed E-state index contributed by atoms with van der Waals surface area (Å²) < 4.78 is 19.5. The van der Waals surface area contributed by atoms with Crippen LogP contribution in [0.25, 0.3) is 11.3 Å². The van der Waals surface area contributed by atoms with Crippen LogP contribution < -0.4 is 16.0 Å². The Balaban J connectivity index is 1.45. The van der Waals surface area contributed by atoms with Gasteiger partial charge in [-0.05, 0) is 49.6 Å². The van der Waals surface area contributed by atoms with Gasteiger partial charge in [0.2, 0.25) is 5.91 Å². The van der Waals surface area contributed by atoms with Gasteiger partial charge in [0.05, 0.1) is 41.8 Å². The number of carbonyl (C=O) groups is 3. The molecule has 2 aromatic carbocycles. The second-order valence-corrected chi connectivity index (χ2v) is 11.0. The summed E-state index contributed by atoms with van der Waals surface area (Å²) in [4.78, 5) is 47.8. The van der Waals surface area contributed by atoms with Gasteiger partial charge in [0.1, 0.15) is 11.6 Å². The molecule has 4 amide bonds. The molecule has 3 aromatic rings. The Labute approximate surface area is 245 Å². The van der Waals surface area contributed by atoms with Crippen LogP contribution in [-0.4, -0.2) is 46.6 Å². The predicted molar refractivity (Wildman–Crippen MR) is 153 cm³/mol. The molecule has 4 N–H and O–H groups in total. The number of methoxy groups -OCH3 is 1. The van der Waals surface area contributed by atoms with Gasteiger partial charge in [-0.25, -0.2) is 19.0 Å². The number of aromatic nitrogens is 2. The Morgan fingerprint density at radius 3 is 2.68 bits per heavy atom. The molecule has 3 unspecified atom stereocenters. The monoisotopic (exact) mass is 602 g/mol. The molecular formula is C28H29Cl2FN6O4. The number of hydrogen-bond donors (Lipinski definition) is 4. The van der Waals surface area contributed by atoms with Crippen LogP contribution in [0.15, 0.2) is 36.5 Å². The van der Waals surface area contributed by atoms with E-state index in [2.05, 4.69) is 30.7 Å². The smallest absolute Gasteiger partial charge is 0.411 e. The van der Waals surface area contributed by atoms with E-state index in [0.29, 0.717) is 60.7 Å². The van der Waals surface area contributed by atoms with Crippen molar-refractivity contribution in [2.75, 3.05) is 24.3 Å². The van der Waals surface area contributed by atoms with Gasteiger partial charge in [0.15, 0.2) is 0 Å². The number of benzene rings is 2. The first-order valence-corrected chi connectivity index (χ1v) is 14.0. The highest BCUT2D eigenvalue weighted by Gasteiger charge is 2.35. The van der Waals surface area contributed by atoms with Gasteiger partial charge in [-0.1, -0.05) is 36.5 Å². The van der Waals surface area contributed by atoms with E-state index in [4.69, 9.17) is 23.2 Å². The van der Waals surface area contributed by atoms with Crippen molar-refractivity contribution in [3.05, 3.63) is 63.8 Å². The van der Waals surface area contributed by atoms with Gasteiger partial charge in [0.25, 0.3) is 0 Å². The van der Waals surface area contributed by atoms with Crippen LogP contribution >= 0.6 is 23.2 Å². The minimum absolute atomic E-state index is 0.0600. The zero-order chi connectivity index (χ0) is 29.3. The number of ether oxygens (including phenoxy) is 1. The van der Waals surface area contributed by atoms with E-state index in [9.17, 15) is 18.8 Å². The average Bonchev–Trinajstić information content (AvgIpc) is 3.43. The molecule has 2 bridgehead atoms. The van der Waals surface area contributed by atoms with E-state index in [-0.39, 0.29) is 33.5 Å². The third kappa shape index (κ3) is 5.96. The molecule has 1 aromatic heterocycles. The van der Waals surface area contributed by atoms with E-state index >= 15 is 0 Å². The Bertz CT molecular complexity index is 1500. The molecular weight excluding hydrogens is 574 g/mol. The zero-order valence-electron chi connectivity index (χ0n) is 22.4. The summed E-state index contributed by atoms with van der Waals surface area (Å²) in [7, 11) is 1.27. The highest BCUT2D eigenvalue weighted by atomic mass is 35.5. The molecule has 0 aliphatic carbocycles. The van der Waals surface area contributed by atoms with E-state index in [1.54, 1.807) is 29.3 Å². The molecule has 0 radical (unpaired) electrons. The SMILES string of the molecule is COC(=O)Nc1ccc2c(c1)NC(=O)C(C)CCCC(N1CCC(c3c(Cl)ccc(Cl)c3F)NC1=O)c1ncc-2[nH]1. The standard InChI is InChI=1S/C28H29Cl2FN6O4/c1-14-4-3-5-22(37-11-10-19(36-27(37)39)23-17(29)8-9-18(30)24(23)31)25-32-13-21(34-25)16-7-6-15(33-28(40)41-2)12-20(16)35-26(14)38/h6-9,12-14,19,22H,3-5,10-11H2,1-2H3,(H,32,34)(H,33,40)(H,35,38)(H,36,39). The highest BCUT2D eigenvalue weighted by molar-refractivity contribution is 6.33. The molecule has 2 aliphatic rings. The number of fused-ring (bicyclic) bond motifs is 4. The number of urea groups is 1. The molecule has 10 nitrogen and oxygen atoms in total. The Morgan fingerprint density at radius 1 is 1.15 bits per heavy atom. The summed E-state index contributed by atoms with van der Waals surface area (Å²) in [6.45, 7) is 2.17. The lowest BCUT2D eigenvalue weighted by Gasteiger charge is -2.38. The average molecular weight is 603 g/mol. The molecule has 216 valence electrons. The van der Waals surface area contributed by atoms with E-state index in [1.807, 2.05) is 6.92 Å². The van der Waals surface area contributed by atoms with Crippen molar-refractivity contribution in [3.8, 4) is 11.3 Å². The van der Waals surface area contributed by atoms with Crippen molar-refractivity contribution in [3.63, 3.8) is 0 Å². The molecule has 1 saturated heterocycles.